The second kappa shape index (κ2) is 5.23. The Kier molecular flexibility index (Phi) is 3.69. The quantitative estimate of drug-likeness (QED) is 0.600. The van der Waals surface area contributed by atoms with E-state index in [0.717, 1.165) is 16.9 Å². The number of hydrogen-bond acceptors (Lipinski definition) is 3. The molecule has 0 spiro atoms. The molecule has 0 saturated carbocycles. The van der Waals surface area contributed by atoms with Gasteiger partial charge in [-0.05, 0) is 6.08 Å². The predicted molar refractivity (Wildman–Crippen MR) is 66.1 cm³/mol. The van der Waals surface area contributed by atoms with Gasteiger partial charge < -0.3 is 9.47 Å². The van der Waals surface area contributed by atoms with Gasteiger partial charge in [0.25, 0.3) is 0 Å². The smallest absolute Gasteiger partial charge is 0.333 e. The van der Waals surface area contributed by atoms with E-state index in [1.165, 1.54) is 7.11 Å². The Labute approximate surface area is 105 Å². The highest BCUT2D eigenvalue weighted by atomic mass is 35.5. The Hall–Kier alpha value is -1.48. The Bertz CT molecular complexity index is 466. The molecular weight excluding hydrogens is 240 g/mol. The molecule has 0 aromatic heterocycles. The number of carbonyl (C=O) groups excluding carboxylic acids is 1. The maximum absolute atomic E-state index is 11.5. The third-order valence-electron chi connectivity index (χ3n) is 2.67. The Balaban J connectivity index is 2.44. The molecule has 4 heteroatoms. The summed E-state index contributed by atoms with van der Waals surface area (Å²) >= 11 is 5.85. The molecule has 0 radical (unpaired) electrons. The Morgan fingerprint density at radius 3 is 3.06 bits per heavy atom. The summed E-state index contributed by atoms with van der Waals surface area (Å²) in [7, 11) is 1.38. The lowest BCUT2D eigenvalue weighted by molar-refractivity contribution is -0.136. The summed E-state index contributed by atoms with van der Waals surface area (Å²) < 4.78 is 10.4. The van der Waals surface area contributed by atoms with Gasteiger partial charge in [-0.2, -0.15) is 0 Å². The van der Waals surface area contributed by atoms with E-state index >= 15 is 0 Å². The number of rotatable bonds is 2. The largest absolute Gasteiger partial charge is 0.492 e. The van der Waals surface area contributed by atoms with Crippen molar-refractivity contribution in [2.75, 3.05) is 13.7 Å². The minimum atomic E-state index is -0.308. The molecule has 0 aliphatic carbocycles. The second-order valence-electron chi connectivity index (χ2n) is 3.73. The van der Waals surface area contributed by atoms with Gasteiger partial charge in [-0.3, -0.25) is 0 Å². The molecule has 0 bridgehead atoms. The van der Waals surface area contributed by atoms with Crippen LogP contribution in [0, 0.1) is 0 Å². The average molecular weight is 253 g/mol. The van der Waals surface area contributed by atoms with Crippen molar-refractivity contribution in [1.29, 1.82) is 0 Å². The summed E-state index contributed by atoms with van der Waals surface area (Å²) in [5.41, 5.74) is 2.44. The summed E-state index contributed by atoms with van der Waals surface area (Å²) in [6.45, 7) is 0.460. The number of benzene rings is 1. The highest BCUT2D eigenvalue weighted by molar-refractivity contribution is 6.17. The minimum absolute atomic E-state index is 0.308. The highest BCUT2D eigenvalue weighted by Crippen LogP contribution is 2.30. The average Bonchev–Trinajstić information content (AvgIpc) is 2.59. The van der Waals surface area contributed by atoms with Crippen LogP contribution in [0.15, 0.2) is 23.8 Å². The molecular formula is C13H13ClO3. The first-order valence-electron chi connectivity index (χ1n) is 5.36. The van der Waals surface area contributed by atoms with E-state index in [-0.39, 0.29) is 5.97 Å². The summed E-state index contributed by atoms with van der Waals surface area (Å²) in [4.78, 5) is 11.5. The van der Waals surface area contributed by atoms with Crippen molar-refractivity contribution in [2.24, 2.45) is 0 Å². The zero-order chi connectivity index (χ0) is 12.3. The van der Waals surface area contributed by atoms with Crippen LogP contribution in [0.25, 0.3) is 6.08 Å². The van der Waals surface area contributed by atoms with E-state index in [0.29, 0.717) is 24.5 Å². The number of fused-ring (bicyclic) bond motifs is 1. The van der Waals surface area contributed by atoms with E-state index in [9.17, 15) is 4.79 Å². The monoisotopic (exact) mass is 252 g/mol. The number of halogens is 1. The number of hydrogen-bond donors (Lipinski definition) is 0. The van der Waals surface area contributed by atoms with Crippen molar-refractivity contribution in [2.45, 2.75) is 12.3 Å². The third-order valence-corrected chi connectivity index (χ3v) is 2.95. The number of ether oxygens (including phenoxy) is 2. The van der Waals surface area contributed by atoms with Gasteiger partial charge in [0.05, 0.1) is 19.6 Å². The maximum atomic E-state index is 11.5. The fraction of sp³-hybridized carbons (Fsp3) is 0.308. The van der Waals surface area contributed by atoms with Crippen LogP contribution in [-0.4, -0.2) is 19.7 Å². The summed E-state index contributed by atoms with van der Waals surface area (Å²) in [6.07, 6.45) is 2.35. The third kappa shape index (κ3) is 2.44. The molecule has 2 rings (SSSR count). The number of methoxy groups -OCH3 is 1. The van der Waals surface area contributed by atoms with Crippen molar-refractivity contribution in [1.82, 2.24) is 0 Å². The number of carbonyl (C=O) groups is 1. The first-order chi connectivity index (χ1) is 8.26. The maximum Gasteiger partial charge on any atom is 0.333 e. The van der Waals surface area contributed by atoms with Crippen molar-refractivity contribution >= 4 is 23.6 Å². The van der Waals surface area contributed by atoms with Gasteiger partial charge in [-0.1, -0.05) is 18.2 Å². The van der Waals surface area contributed by atoms with Crippen molar-refractivity contribution in [3.8, 4) is 5.75 Å². The van der Waals surface area contributed by atoms with E-state index in [4.69, 9.17) is 21.1 Å². The summed E-state index contributed by atoms with van der Waals surface area (Å²) in [5.74, 6) is 0.851. The van der Waals surface area contributed by atoms with Crippen LogP contribution >= 0.6 is 11.6 Å². The van der Waals surface area contributed by atoms with E-state index in [1.807, 2.05) is 24.3 Å². The minimum Gasteiger partial charge on any atom is -0.492 e. The molecule has 1 aliphatic heterocycles. The van der Waals surface area contributed by atoms with Gasteiger partial charge in [0, 0.05) is 23.1 Å². The Morgan fingerprint density at radius 1 is 1.53 bits per heavy atom. The Morgan fingerprint density at radius 2 is 2.35 bits per heavy atom. The van der Waals surface area contributed by atoms with Crippen LogP contribution in [0.4, 0.5) is 0 Å². The molecule has 0 atom stereocenters. The molecule has 1 heterocycles. The summed E-state index contributed by atoms with van der Waals surface area (Å²) in [6, 6.07) is 5.72. The first-order valence-corrected chi connectivity index (χ1v) is 5.89. The fourth-order valence-electron chi connectivity index (χ4n) is 1.81. The van der Waals surface area contributed by atoms with Crippen LogP contribution in [0.1, 0.15) is 17.5 Å². The standard InChI is InChI=1S/C13H13ClO3/c1-16-13(15)10-5-6-17-12-9(7-10)3-2-4-11(12)8-14/h2-4,7H,5-6,8H2,1H3. The lowest BCUT2D eigenvalue weighted by atomic mass is 10.1. The molecule has 0 fully saturated rings. The van der Waals surface area contributed by atoms with Gasteiger partial charge in [-0.15, -0.1) is 11.6 Å². The normalized spacial score (nSPS) is 14.1. The topological polar surface area (TPSA) is 35.5 Å². The van der Waals surface area contributed by atoms with Crippen LogP contribution < -0.4 is 4.74 Å². The van der Waals surface area contributed by atoms with Crippen LogP contribution in [0.5, 0.6) is 5.75 Å². The molecule has 1 aromatic rings. The molecule has 90 valence electrons. The van der Waals surface area contributed by atoms with Crippen molar-refractivity contribution in [3.63, 3.8) is 0 Å². The lowest BCUT2D eigenvalue weighted by Crippen LogP contribution is -2.07. The van der Waals surface area contributed by atoms with Crippen molar-refractivity contribution < 1.29 is 14.3 Å². The van der Waals surface area contributed by atoms with Gasteiger partial charge in [0.15, 0.2) is 0 Å². The zero-order valence-electron chi connectivity index (χ0n) is 9.53. The SMILES string of the molecule is COC(=O)C1=Cc2cccc(CCl)c2OCC1. The van der Waals surface area contributed by atoms with Crippen LogP contribution in [-0.2, 0) is 15.4 Å². The van der Waals surface area contributed by atoms with Gasteiger partial charge in [0.2, 0.25) is 0 Å². The molecule has 3 nitrogen and oxygen atoms in total. The van der Waals surface area contributed by atoms with E-state index in [2.05, 4.69) is 0 Å². The molecule has 1 aliphatic rings. The molecule has 0 saturated heterocycles. The van der Waals surface area contributed by atoms with Crippen molar-refractivity contribution in [3.05, 3.63) is 34.9 Å². The van der Waals surface area contributed by atoms with E-state index < -0.39 is 0 Å². The van der Waals surface area contributed by atoms with Crippen LogP contribution in [0.2, 0.25) is 0 Å². The molecule has 0 unspecified atom stereocenters. The molecule has 1 aromatic carbocycles. The lowest BCUT2D eigenvalue weighted by Gasteiger charge is -2.09. The van der Waals surface area contributed by atoms with Gasteiger partial charge in [0.1, 0.15) is 5.75 Å². The number of alkyl halides is 1. The number of para-hydroxylation sites is 1. The molecule has 0 amide bonds. The molecule has 0 N–H and O–H groups in total. The second-order valence-corrected chi connectivity index (χ2v) is 4.00. The summed E-state index contributed by atoms with van der Waals surface area (Å²) in [5, 5.41) is 0. The number of esters is 1. The zero-order valence-corrected chi connectivity index (χ0v) is 10.3. The molecule has 17 heavy (non-hydrogen) atoms. The van der Waals surface area contributed by atoms with E-state index in [1.54, 1.807) is 0 Å². The predicted octanol–water partition coefficient (Wildman–Crippen LogP) is 2.76. The first kappa shape index (κ1) is 12.0. The fourth-order valence-corrected chi connectivity index (χ4v) is 2.03. The van der Waals surface area contributed by atoms with Crippen LogP contribution in [0.3, 0.4) is 0 Å². The highest BCUT2D eigenvalue weighted by Gasteiger charge is 2.17. The van der Waals surface area contributed by atoms with Gasteiger partial charge >= 0.3 is 5.97 Å². The van der Waals surface area contributed by atoms with Gasteiger partial charge in [-0.25, -0.2) is 4.79 Å².